The standard InChI is InChI=1S/C15H17NO2/c17-15(18-11-6-2-1-3-7-11)13-10-16-14-9-5-4-8-12(13)14/h4-5,8-11,16H,1-3,6-7H2. The molecule has 0 atom stereocenters. The molecular weight excluding hydrogens is 226 g/mol. The van der Waals surface area contributed by atoms with Gasteiger partial charge >= 0.3 is 5.97 Å². The predicted molar refractivity (Wildman–Crippen MR) is 70.6 cm³/mol. The van der Waals surface area contributed by atoms with E-state index in [1.807, 2.05) is 24.3 Å². The van der Waals surface area contributed by atoms with Crippen molar-refractivity contribution in [1.82, 2.24) is 4.98 Å². The summed E-state index contributed by atoms with van der Waals surface area (Å²) in [6, 6.07) is 7.80. The first kappa shape index (κ1) is 11.3. The fraction of sp³-hybridized carbons (Fsp3) is 0.400. The molecule has 0 aliphatic heterocycles. The van der Waals surface area contributed by atoms with Gasteiger partial charge in [0.25, 0.3) is 0 Å². The van der Waals surface area contributed by atoms with Crippen molar-refractivity contribution in [2.24, 2.45) is 0 Å². The molecule has 3 nitrogen and oxygen atoms in total. The van der Waals surface area contributed by atoms with E-state index in [2.05, 4.69) is 4.98 Å². The second kappa shape index (κ2) is 4.84. The van der Waals surface area contributed by atoms with Crippen LogP contribution in [0.2, 0.25) is 0 Å². The third-order valence-electron chi connectivity index (χ3n) is 3.64. The van der Waals surface area contributed by atoms with Crippen LogP contribution >= 0.6 is 0 Å². The average Bonchev–Trinajstić information content (AvgIpc) is 2.84. The van der Waals surface area contributed by atoms with E-state index in [9.17, 15) is 4.79 Å². The number of aromatic amines is 1. The number of nitrogens with one attached hydrogen (secondary N) is 1. The number of carbonyl (C=O) groups is 1. The highest BCUT2D eigenvalue weighted by Gasteiger charge is 2.20. The van der Waals surface area contributed by atoms with Crippen molar-refractivity contribution in [1.29, 1.82) is 0 Å². The summed E-state index contributed by atoms with van der Waals surface area (Å²) in [5.74, 6) is -0.195. The molecule has 3 heteroatoms. The van der Waals surface area contributed by atoms with Crippen LogP contribution in [0.25, 0.3) is 10.9 Å². The Labute approximate surface area is 106 Å². The number of benzene rings is 1. The topological polar surface area (TPSA) is 42.1 Å². The quantitative estimate of drug-likeness (QED) is 0.818. The zero-order valence-corrected chi connectivity index (χ0v) is 10.3. The van der Waals surface area contributed by atoms with Gasteiger partial charge in [-0.2, -0.15) is 0 Å². The SMILES string of the molecule is O=C(OC1CCCCC1)c1c[nH]c2ccccc12. The van der Waals surface area contributed by atoms with Crippen LogP contribution in [0, 0.1) is 0 Å². The minimum Gasteiger partial charge on any atom is -0.459 e. The van der Waals surface area contributed by atoms with Crippen LogP contribution in [0.5, 0.6) is 0 Å². The molecule has 1 aliphatic rings. The molecule has 1 N–H and O–H groups in total. The molecule has 18 heavy (non-hydrogen) atoms. The van der Waals surface area contributed by atoms with E-state index in [1.165, 1.54) is 19.3 Å². The van der Waals surface area contributed by atoms with Crippen LogP contribution in [0.3, 0.4) is 0 Å². The van der Waals surface area contributed by atoms with E-state index in [-0.39, 0.29) is 12.1 Å². The summed E-state index contributed by atoms with van der Waals surface area (Å²) in [4.78, 5) is 15.3. The molecule has 94 valence electrons. The Morgan fingerprint density at radius 2 is 1.94 bits per heavy atom. The molecule has 0 saturated heterocycles. The first-order valence-electron chi connectivity index (χ1n) is 6.62. The molecule has 1 aliphatic carbocycles. The third-order valence-corrected chi connectivity index (χ3v) is 3.64. The van der Waals surface area contributed by atoms with Crippen molar-refractivity contribution in [3.8, 4) is 0 Å². The fourth-order valence-corrected chi connectivity index (χ4v) is 2.64. The zero-order chi connectivity index (χ0) is 12.4. The Bertz CT molecular complexity index is 552. The highest BCUT2D eigenvalue weighted by Crippen LogP contribution is 2.23. The molecule has 3 rings (SSSR count). The van der Waals surface area contributed by atoms with Crippen molar-refractivity contribution in [2.45, 2.75) is 38.2 Å². The second-order valence-corrected chi connectivity index (χ2v) is 4.91. The Morgan fingerprint density at radius 3 is 2.78 bits per heavy atom. The van der Waals surface area contributed by atoms with E-state index < -0.39 is 0 Å². The van der Waals surface area contributed by atoms with Crippen LogP contribution in [0.4, 0.5) is 0 Å². The van der Waals surface area contributed by atoms with Gasteiger partial charge in [-0.05, 0) is 31.7 Å². The number of aromatic nitrogens is 1. The molecule has 1 fully saturated rings. The first-order chi connectivity index (χ1) is 8.84. The highest BCUT2D eigenvalue weighted by molar-refractivity contribution is 6.04. The number of hydrogen-bond donors (Lipinski definition) is 1. The molecule has 2 aromatic rings. The lowest BCUT2D eigenvalue weighted by Crippen LogP contribution is -2.20. The van der Waals surface area contributed by atoms with Gasteiger partial charge in [-0.25, -0.2) is 4.79 Å². The van der Waals surface area contributed by atoms with Crippen LogP contribution in [0.15, 0.2) is 30.5 Å². The van der Waals surface area contributed by atoms with E-state index >= 15 is 0 Å². The Hall–Kier alpha value is -1.77. The van der Waals surface area contributed by atoms with Crippen molar-refractivity contribution in [3.63, 3.8) is 0 Å². The number of esters is 1. The largest absolute Gasteiger partial charge is 0.459 e. The van der Waals surface area contributed by atoms with Crippen LogP contribution < -0.4 is 0 Å². The Kier molecular flexibility index (Phi) is 3.05. The molecule has 1 saturated carbocycles. The summed E-state index contributed by atoms with van der Waals surface area (Å²) < 4.78 is 5.58. The lowest BCUT2D eigenvalue weighted by atomic mass is 9.98. The maximum atomic E-state index is 12.1. The summed E-state index contributed by atoms with van der Waals surface area (Å²) in [7, 11) is 0. The molecule has 0 spiro atoms. The maximum Gasteiger partial charge on any atom is 0.340 e. The molecule has 0 radical (unpaired) electrons. The van der Waals surface area contributed by atoms with E-state index in [4.69, 9.17) is 4.74 Å². The van der Waals surface area contributed by atoms with Gasteiger partial charge in [-0.1, -0.05) is 24.6 Å². The van der Waals surface area contributed by atoms with Gasteiger partial charge in [0.1, 0.15) is 6.10 Å². The summed E-state index contributed by atoms with van der Waals surface area (Å²) >= 11 is 0. The third kappa shape index (κ3) is 2.13. The zero-order valence-electron chi connectivity index (χ0n) is 10.3. The number of hydrogen-bond acceptors (Lipinski definition) is 2. The molecule has 1 aromatic heterocycles. The predicted octanol–water partition coefficient (Wildman–Crippen LogP) is 3.66. The Balaban J connectivity index is 1.79. The van der Waals surface area contributed by atoms with Gasteiger partial charge in [0.15, 0.2) is 0 Å². The monoisotopic (exact) mass is 243 g/mol. The van der Waals surface area contributed by atoms with Gasteiger partial charge in [0.2, 0.25) is 0 Å². The molecule has 1 heterocycles. The summed E-state index contributed by atoms with van der Waals surface area (Å²) in [6.07, 6.45) is 7.48. The summed E-state index contributed by atoms with van der Waals surface area (Å²) in [6.45, 7) is 0. The number of carbonyl (C=O) groups excluding carboxylic acids is 1. The van der Waals surface area contributed by atoms with E-state index in [0.717, 1.165) is 23.7 Å². The number of para-hydroxylation sites is 1. The van der Waals surface area contributed by atoms with E-state index in [0.29, 0.717) is 5.56 Å². The number of fused-ring (bicyclic) bond motifs is 1. The van der Waals surface area contributed by atoms with Crippen LogP contribution in [0.1, 0.15) is 42.5 Å². The molecule has 0 amide bonds. The summed E-state index contributed by atoms with van der Waals surface area (Å²) in [5, 5.41) is 0.943. The lowest BCUT2D eigenvalue weighted by Gasteiger charge is -2.21. The van der Waals surface area contributed by atoms with Gasteiger partial charge in [0, 0.05) is 17.1 Å². The van der Waals surface area contributed by atoms with Gasteiger partial charge in [0.05, 0.1) is 5.56 Å². The molecule has 0 unspecified atom stereocenters. The fourth-order valence-electron chi connectivity index (χ4n) is 2.64. The number of rotatable bonds is 2. The molecule has 1 aromatic carbocycles. The maximum absolute atomic E-state index is 12.1. The average molecular weight is 243 g/mol. The Morgan fingerprint density at radius 1 is 1.17 bits per heavy atom. The number of ether oxygens (including phenoxy) is 1. The van der Waals surface area contributed by atoms with Crippen molar-refractivity contribution in [2.75, 3.05) is 0 Å². The van der Waals surface area contributed by atoms with E-state index in [1.54, 1.807) is 6.20 Å². The smallest absolute Gasteiger partial charge is 0.340 e. The number of H-pyrrole nitrogens is 1. The van der Waals surface area contributed by atoms with Crippen molar-refractivity contribution < 1.29 is 9.53 Å². The van der Waals surface area contributed by atoms with Gasteiger partial charge < -0.3 is 9.72 Å². The summed E-state index contributed by atoms with van der Waals surface area (Å²) in [5.41, 5.74) is 1.63. The minimum atomic E-state index is -0.195. The van der Waals surface area contributed by atoms with Crippen LogP contribution in [-0.4, -0.2) is 17.1 Å². The normalized spacial score (nSPS) is 16.9. The van der Waals surface area contributed by atoms with Crippen molar-refractivity contribution >= 4 is 16.9 Å². The first-order valence-corrected chi connectivity index (χ1v) is 6.62. The second-order valence-electron chi connectivity index (χ2n) is 4.91. The minimum absolute atomic E-state index is 0.111. The molecular formula is C15H17NO2. The lowest BCUT2D eigenvalue weighted by molar-refractivity contribution is 0.0213. The molecule has 0 bridgehead atoms. The van der Waals surface area contributed by atoms with Crippen LogP contribution in [-0.2, 0) is 4.74 Å². The van der Waals surface area contributed by atoms with Crippen molar-refractivity contribution in [3.05, 3.63) is 36.0 Å². The van der Waals surface area contributed by atoms with Gasteiger partial charge in [-0.15, -0.1) is 0 Å². The highest BCUT2D eigenvalue weighted by atomic mass is 16.5. The van der Waals surface area contributed by atoms with Gasteiger partial charge in [-0.3, -0.25) is 0 Å².